The summed E-state index contributed by atoms with van der Waals surface area (Å²) in [5.74, 6) is 1.31. The van der Waals surface area contributed by atoms with Crippen molar-refractivity contribution in [2.45, 2.75) is 25.1 Å². The zero-order valence-electron chi connectivity index (χ0n) is 16.8. The Bertz CT molecular complexity index is 1020. The van der Waals surface area contributed by atoms with Gasteiger partial charge in [-0.3, -0.25) is 9.59 Å². The molecule has 0 saturated carbocycles. The number of imidazole rings is 1. The van der Waals surface area contributed by atoms with E-state index in [1.807, 2.05) is 29.9 Å². The van der Waals surface area contributed by atoms with Crippen molar-refractivity contribution in [3.8, 4) is 0 Å². The molecule has 0 aliphatic heterocycles. The molecule has 2 atom stereocenters. The number of aromatic nitrogens is 3. The van der Waals surface area contributed by atoms with E-state index in [0.29, 0.717) is 22.4 Å². The molecule has 2 N–H and O–H groups in total. The number of halogens is 1. The van der Waals surface area contributed by atoms with Crippen LogP contribution < -0.4 is 10.6 Å². The first-order valence-electron chi connectivity index (χ1n) is 9.21. The predicted octanol–water partition coefficient (Wildman–Crippen LogP) is 3.34. The van der Waals surface area contributed by atoms with Gasteiger partial charge in [0.05, 0.1) is 11.0 Å². The quantitative estimate of drug-likeness (QED) is 0.549. The minimum atomic E-state index is -0.449. The van der Waals surface area contributed by atoms with E-state index in [-0.39, 0.29) is 17.6 Å². The van der Waals surface area contributed by atoms with Gasteiger partial charge in [-0.15, -0.1) is 11.8 Å². The molecule has 1 aromatic carbocycles. The summed E-state index contributed by atoms with van der Waals surface area (Å²) in [5, 5.41) is 9.56. The van der Waals surface area contributed by atoms with E-state index >= 15 is 0 Å². The summed E-state index contributed by atoms with van der Waals surface area (Å²) in [7, 11) is 1.87. The molecule has 8 nitrogen and oxygen atoms in total. The van der Waals surface area contributed by atoms with E-state index in [1.165, 1.54) is 11.8 Å². The number of carbonyl (C=O) groups is 2. The lowest BCUT2D eigenvalue weighted by atomic mass is 10.1. The highest BCUT2D eigenvalue weighted by Gasteiger charge is 2.22. The van der Waals surface area contributed by atoms with Crippen LogP contribution in [0.4, 0.5) is 5.82 Å². The Hall–Kier alpha value is -2.78. The van der Waals surface area contributed by atoms with E-state index in [0.717, 1.165) is 5.56 Å². The van der Waals surface area contributed by atoms with E-state index < -0.39 is 11.3 Å². The second-order valence-corrected chi connectivity index (χ2v) is 8.48. The third-order valence-corrected chi connectivity index (χ3v) is 5.73. The summed E-state index contributed by atoms with van der Waals surface area (Å²) < 4.78 is 6.78. The average Bonchev–Trinajstić information content (AvgIpc) is 3.32. The van der Waals surface area contributed by atoms with Crippen molar-refractivity contribution in [2.24, 2.45) is 7.05 Å². The van der Waals surface area contributed by atoms with Crippen LogP contribution in [0.2, 0.25) is 5.02 Å². The van der Waals surface area contributed by atoms with Crippen molar-refractivity contribution in [2.75, 3.05) is 11.1 Å². The third kappa shape index (κ3) is 5.64. The first-order chi connectivity index (χ1) is 14.3. The van der Waals surface area contributed by atoms with Crippen LogP contribution in [0.25, 0.3) is 0 Å². The van der Waals surface area contributed by atoms with Crippen LogP contribution in [-0.4, -0.2) is 37.5 Å². The molecule has 2 heterocycles. The summed E-state index contributed by atoms with van der Waals surface area (Å²) in [6, 6.07) is 8.44. The number of carbonyl (C=O) groups excluding carboxylic acids is 2. The molecule has 0 radical (unpaired) electrons. The number of aryl methyl sites for hydroxylation is 2. The van der Waals surface area contributed by atoms with Crippen molar-refractivity contribution < 1.29 is 14.1 Å². The van der Waals surface area contributed by atoms with Gasteiger partial charge >= 0.3 is 0 Å². The molecule has 0 unspecified atom stereocenters. The summed E-state index contributed by atoms with van der Waals surface area (Å²) in [6.07, 6.45) is 3.49. The van der Waals surface area contributed by atoms with Crippen molar-refractivity contribution >= 4 is 41.0 Å². The van der Waals surface area contributed by atoms with Gasteiger partial charge in [-0.2, -0.15) is 0 Å². The summed E-state index contributed by atoms with van der Waals surface area (Å²) in [5.41, 5.74) is 0.860. The van der Waals surface area contributed by atoms with Gasteiger partial charge in [-0.05, 0) is 31.5 Å². The highest BCUT2D eigenvalue weighted by atomic mass is 35.5. The Morgan fingerprint density at radius 3 is 2.63 bits per heavy atom. The van der Waals surface area contributed by atoms with Crippen LogP contribution in [0.5, 0.6) is 0 Å². The van der Waals surface area contributed by atoms with E-state index in [2.05, 4.69) is 20.8 Å². The van der Waals surface area contributed by atoms with Gasteiger partial charge < -0.3 is 19.7 Å². The van der Waals surface area contributed by atoms with Crippen LogP contribution in [0.3, 0.4) is 0 Å². The van der Waals surface area contributed by atoms with Gasteiger partial charge in [0, 0.05) is 30.5 Å². The van der Waals surface area contributed by atoms with Crippen LogP contribution in [-0.2, 0) is 16.6 Å². The number of nitrogens with zero attached hydrogens (tertiary/aromatic N) is 3. The number of benzene rings is 1. The monoisotopic (exact) mass is 447 g/mol. The fourth-order valence-electron chi connectivity index (χ4n) is 2.74. The summed E-state index contributed by atoms with van der Waals surface area (Å²) >= 11 is 7.22. The molecule has 30 heavy (non-hydrogen) atoms. The lowest BCUT2D eigenvalue weighted by molar-refractivity contribution is -0.119. The molecular weight excluding hydrogens is 426 g/mol. The SMILES string of the molecule is Cc1cc(NC(=O)[C@@H](C)SCC(=O)N[C@H](c2ccc(Cl)cc2)c2nccn2C)no1. The highest BCUT2D eigenvalue weighted by molar-refractivity contribution is 8.01. The Kier molecular flexibility index (Phi) is 7.17. The smallest absolute Gasteiger partial charge is 0.238 e. The van der Waals surface area contributed by atoms with Crippen LogP contribution in [0, 0.1) is 6.92 Å². The van der Waals surface area contributed by atoms with Gasteiger partial charge in [0.2, 0.25) is 11.8 Å². The molecule has 0 bridgehead atoms. The zero-order chi connectivity index (χ0) is 21.7. The molecule has 2 amide bonds. The first-order valence-corrected chi connectivity index (χ1v) is 10.6. The first kappa shape index (κ1) is 21.9. The predicted molar refractivity (Wildman–Crippen MR) is 116 cm³/mol. The van der Waals surface area contributed by atoms with Crippen molar-refractivity contribution in [1.82, 2.24) is 20.0 Å². The molecule has 0 saturated heterocycles. The number of amides is 2. The van der Waals surface area contributed by atoms with Gasteiger partial charge in [-0.1, -0.05) is 28.9 Å². The molecule has 0 aliphatic rings. The number of anilines is 1. The van der Waals surface area contributed by atoms with Crippen LogP contribution in [0.1, 0.15) is 30.1 Å². The zero-order valence-corrected chi connectivity index (χ0v) is 18.3. The molecule has 10 heteroatoms. The Labute approximate surface area is 183 Å². The fourth-order valence-corrected chi connectivity index (χ4v) is 3.56. The fraction of sp³-hybridized carbons (Fsp3) is 0.300. The van der Waals surface area contributed by atoms with Crippen LogP contribution >= 0.6 is 23.4 Å². The van der Waals surface area contributed by atoms with Crippen LogP contribution in [0.15, 0.2) is 47.2 Å². The van der Waals surface area contributed by atoms with E-state index in [4.69, 9.17) is 16.1 Å². The number of hydrogen-bond acceptors (Lipinski definition) is 6. The van der Waals surface area contributed by atoms with E-state index in [9.17, 15) is 9.59 Å². The third-order valence-electron chi connectivity index (χ3n) is 4.34. The average molecular weight is 448 g/mol. The minimum absolute atomic E-state index is 0.112. The van der Waals surface area contributed by atoms with Gasteiger partial charge in [0.15, 0.2) is 5.82 Å². The maximum absolute atomic E-state index is 12.6. The van der Waals surface area contributed by atoms with Gasteiger partial charge in [0.1, 0.15) is 17.6 Å². The summed E-state index contributed by atoms with van der Waals surface area (Å²) in [4.78, 5) is 29.3. The second-order valence-electron chi connectivity index (χ2n) is 6.71. The van der Waals surface area contributed by atoms with Crippen molar-refractivity contribution in [3.63, 3.8) is 0 Å². The molecule has 2 aromatic heterocycles. The highest BCUT2D eigenvalue weighted by Crippen LogP contribution is 2.23. The molecule has 0 aliphatic carbocycles. The molecule has 158 valence electrons. The topological polar surface area (TPSA) is 102 Å². The normalized spacial score (nSPS) is 12.9. The van der Waals surface area contributed by atoms with Crippen molar-refractivity contribution in [3.05, 3.63) is 64.9 Å². The Balaban J connectivity index is 1.61. The number of hydrogen-bond donors (Lipinski definition) is 2. The minimum Gasteiger partial charge on any atom is -0.360 e. The maximum atomic E-state index is 12.6. The van der Waals surface area contributed by atoms with Crippen molar-refractivity contribution in [1.29, 1.82) is 0 Å². The lowest BCUT2D eigenvalue weighted by Crippen LogP contribution is -2.33. The number of rotatable bonds is 8. The molecule has 0 fully saturated rings. The Morgan fingerprint density at radius 2 is 2.03 bits per heavy atom. The molecule has 0 spiro atoms. The standard InChI is InChI=1S/C20H22ClN5O3S/c1-12-10-16(25-29-12)23-20(28)13(2)30-11-17(27)24-18(19-22-8-9-26(19)3)14-4-6-15(21)7-5-14/h4-10,13,18H,11H2,1-3H3,(H,24,27)(H,23,25,28)/t13-,18-/m1/s1. The maximum Gasteiger partial charge on any atom is 0.238 e. The van der Waals surface area contributed by atoms with E-state index in [1.54, 1.807) is 38.2 Å². The summed E-state index contributed by atoms with van der Waals surface area (Å²) in [6.45, 7) is 3.47. The molecular formula is C20H22ClN5O3S. The largest absolute Gasteiger partial charge is 0.360 e. The number of nitrogens with one attached hydrogen (secondary N) is 2. The Morgan fingerprint density at radius 1 is 1.30 bits per heavy atom. The van der Waals surface area contributed by atoms with Gasteiger partial charge in [-0.25, -0.2) is 4.98 Å². The van der Waals surface area contributed by atoms with Gasteiger partial charge in [0.25, 0.3) is 0 Å². The molecule has 3 aromatic rings. The molecule has 3 rings (SSSR count). The number of thioether (sulfide) groups is 1. The lowest BCUT2D eigenvalue weighted by Gasteiger charge is -2.19. The second kappa shape index (κ2) is 9.82.